The first-order valence-electron chi connectivity index (χ1n) is 15.5. The standard InChI is InChI=1S/C30H42N4O7S3/c35-30(31-24-13-15-28(16-14-24)43(38,39)33-21-7-2-8-22-33)23-34(26-11-3-1-4-12-26)44(40,41)29-19-17-27(18-20-29)42(36,37)32-25-9-5-6-10-25/h13-20,25-26,32H,1-12,21-23H2,(H,31,35). The maximum atomic E-state index is 13.9. The molecule has 2 aromatic carbocycles. The van der Waals surface area contributed by atoms with E-state index in [0.717, 1.165) is 64.2 Å². The van der Waals surface area contributed by atoms with Crippen LogP contribution in [0.1, 0.15) is 77.0 Å². The van der Waals surface area contributed by atoms with Crippen LogP contribution in [0.5, 0.6) is 0 Å². The van der Waals surface area contributed by atoms with E-state index in [0.29, 0.717) is 31.6 Å². The van der Waals surface area contributed by atoms with Gasteiger partial charge in [-0.3, -0.25) is 4.79 Å². The van der Waals surface area contributed by atoms with Crippen LogP contribution in [0.3, 0.4) is 0 Å². The number of rotatable bonds is 11. The normalized spacial score (nSPS) is 19.8. The van der Waals surface area contributed by atoms with Gasteiger partial charge in [-0.2, -0.15) is 8.61 Å². The molecule has 3 fully saturated rings. The molecule has 0 unspecified atom stereocenters. The number of amides is 1. The molecule has 0 radical (unpaired) electrons. The molecule has 0 spiro atoms. The summed E-state index contributed by atoms with van der Waals surface area (Å²) >= 11 is 0. The first-order valence-corrected chi connectivity index (χ1v) is 19.9. The quantitative estimate of drug-likeness (QED) is 0.368. The van der Waals surface area contributed by atoms with Crippen LogP contribution in [-0.2, 0) is 34.9 Å². The molecule has 2 aliphatic carbocycles. The number of nitrogens with one attached hydrogen (secondary N) is 2. The van der Waals surface area contributed by atoms with E-state index in [1.807, 2.05) is 0 Å². The Kier molecular flexibility index (Phi) is 10.5. The lowest BCUT2D eigenvalue weighted by atomic mass is 9.95. The Morgan fingerprint density at radius 2 is 1.20 bits per heavy atom. The van der Waals surface area contributed by atoms with Crippen LogP contribution < -0.4 is 10.0 Å². The van der Waals surface area contributed by atoms with Crippen LogP contribution in [0.15, 0.2) is 63.2 Å². The predicted octanol–water partition coefficient (Wildman–Crippen LogP) is 4.04. The number of piperidine rings is 1. The zero-order valence-electron chi connectivity index (χ0n) is 24.9. The average molecular weight is 667 g/mol. The summed E-state index contributed by atoms with van der Waals surface area (Å²) in [6.07, 6.45) is 10.1. The maximum absolute atomic E-state index is 13.9. The highest BCUT2D eigenvalue weighted by Gasteiger charge is 2.34. The summed E-state index contributed by atoms with van der Waals surface area (Å²) in [5, 5.41) is 2.72. The van der Waals surface area contributed by atoms with E-state index in [4.69, 9.17) is 0 Å². The Bertz CT molecular complexity index is 1610. The lowest BCUT2D eigenvalue weighted by molar-refractivity contribution is -0.116. The molecule has 0 bridgehead atoms. The molecule has 1 aliphatic heterocycles. The number of sulfonamides is 3. The minimum Gasteiger partial charge on any atom is -0.325 e. The van der Waals surface area contributed by atoms with Gasteiger partial charge in [0.2, 0.25) is 36.0 Å². The van der Waals surface area contributed by atoms with Crippen molar-refractivity contribution in [3.63, 3.8) is 0 Å². The van der Waals surface area contributed by atoms with Gasteiger partial charge in [-0.1, -0.05) is 38.5 Å². The van der Waals surface area contributed by atoms with Crippen molar-refractivity contribution in [1.29, 1.82) is 0 Å². The third-order valence-electron chi connectivity index (χ3n) is 8.79. The molecule has 1 amide bonds. The van der Waals surface area contributed by atoms with E-state index in [-0.39, 0.29) is 26.8 Å². The van der Waals surface area contributed by atoms with Crippen LogP contribution in [0, 0.1) is 0 Å². The van der Waals surface area contributed by atoms with Gasteiger partial charge in [-0.15, -0.1) is 0 Å². The molecule has 0 atom stereocenters. The number of benzene rings is 2. The lowest BCUT2D eigenvalue weighted by Crippen LogP contribution is -2.45. The molecule has 242 valence electrons. The summed E-state index contributed by atoms with van der Waals surface area (Å²) in [5.41, 5.74) is 0.359. The van der Waals surface area contributed by atoms with Crippen molar-refractivity contribution in [2.24, 2.45) is 0 Å². The van der Waals surface area contributed by atoms with Gasteiger partial charge >= 0.3 is 0 Å². The van der Waals surface area contributed by atoms with Crippen LogP contribution in [0.4, 0.5) is 5.69 Å². The fourth-order valence-corrected chi connectivity index (χ4v) is 10.8. The van der Waals surface area contributed by atoms with Crippen LogP contribution in [0.25, 0.3) is 0 Å². The summed E-state index contributed by atoms with van der Waals surface area (Å²) in [6, 6.07) is 10.6. The second-order valence-electron chi connectivity index (χ2n) is 12.0. The van der Waals surface area contributed by atoms with Gasteiger partial charge in [0.1, 0.15) is 0 Å². The SMILES string of the molecule is O=C(CN(C1CCCCC1)S(=O)(=O)c1ccc(S(=O)(=O)NC2CCCC2)cc1)Nc1ccc(S(=O)(=O)N2CCCCC2)cc1. The van der Waals surface area contributed by atoms with E-state index in [1.165, 1.54) is 57.1 Å². The van der Waals surface area contributed by atoms with Gasteiger partial charge in [-0.25, -0.2) is 30.0 Å². The van der Waals surface area contributed by atoms with Crippen molar-refractivity contribution < 1.29 is 30.0 Å². The Hall–Kier alpha value is -2.36. The Morgan fingerprint density at radius 1 is 0.682 bits per heavy atom. The molecule has 2 saturated carbocycles. The fraction of sp³-hybridized carbons (Fsp3) is 0.567. The lowest BCUT2D eigenvalue weighted by Gasteiger charge is -2.33. The smallest absolute Gasteiger partial charge is 0.243 e. The number of hydrogen-bond donors (Lipinski definition) is 2. The molecule has 3 aliphatic rings. The third kappa shape index (κ3) is 7.71. The summed E-state index contributed by atoms with van der Waals surface area (Å²) in [5.74, 6) is -0.550. The molecule has 2 aromatic rings. The highest BCUT2D eigenvalue weighted by atomic mass is 32.2. The van der Waals surface area contributed by atoms with E-state index in [1.54, 1.807) is 0 Å². The second kappa shape index (κ2) is 14.0. The summed E-state index contributed by atoms with van der Waals surface area (Å²) < 4.78 is 84.8. The van der Waals surface area contributed by atoms with Crippen molar-refractivity contribution in [3.05, 3.63) is 48.5 Å². The minimum absolute atomic E-state index is 0.00365. The van der Waals surface area contributed by atoms with Crippen molar-refractivity contribution >= 4 is 41.7 Å². The average Bonchev–Trinajstić information content (AvgIpc) is 3.53. The maximum Gasteiger partial charge on any atom is 0.243 e. The monoisotopic (exact) mass is 666 g/mol. The summed E-state index contributed by atoms with van der Waals surface area (Å²) in [7, 11) is -11.5. The zero-order valence-corrected chi connectivity index (χ0v) is 27.3. The van der Waals surface area contributed by atoms with E-state index >= 15 is 0 Å². The molecule has 1 saturated heterocycles. The molecule has 11 nitrogen and oxygen atoms in total. The van der Waals surface area contributed by atoms with Gasteiger partial charge in [0.05, 0.1) is 21.2 Å². The van der Waals surface area contributed by atoms with E-state index in [9.17, 15) is 30.0 Å². The minimum atomic E-state index is -4.14. The van der Waals surface area contributed by atoms with Crippen LogP contribution in [-0.4, -0.2) is 71.5 Å². The molecule has 2 N–H and O–H groups in total. The fourth-order valence-electron chi connectivity index (χ4n) is 6.34. The van der Waals surface area contributed by atoms with Crippen molar-refractivity contribution in [3.8, 4) is 0 Å². The van der Waals surface area contributed by atoms with E-state index in [2.05, 4.69) is 10.0 Å². The largest absolute Gasteiger partial charge is 0.325 e. The van der Waals surface area contributed by atoms with Gasteiger partial charge in [0.25, 0.3) is 0 Å². The number of carbonyl (C=O) groups is 1. The third-order valence-corrected chi connectivity index (χ3v) is 14.2. The molecule has 0 aromatic heterocycles. The number of hydrogen-bond acceptors (Lipinski definition) is 7. The Balaban J connectivity index is 1.30. The topological polar surface area (TPSA) is 150 Å². The first-order chi connectivity index (χ1) is 21.0. The summed E-state index contributed by atoms with van der Waals surface area (Å²) in [6.45, 7) is 0.550. The summed E-state index contributed by atoms with van der Waals surface area (Å²) in [4.78, 5) is 13.3. The van der Waals surface area contributed by atoms with Crippen molar-refractivity contribution in [2.75, 3.05) is 25.0 Å². The highest BCUT2D eigenvalue weighted by molar-refractivity contribution is 7.90. The number of carbonyl (C=O) groups excluding carboxylic acids is 1. The Labute approximate surface area is 261 Å². The molecular formula is C30H42N4O7S3. The first kappa shape index (κ1) is 33.0. The van der Waals surface area contributed by atoms with Crippen LogP contribution in [0.2, 0.25) is 0 Å². The van der Waals surface area contributed by atoms with Crippen LogP contribution >= 0.6 is 0 Å². The number of anilines is 1. The molecule has 14 heteroatoms. The second-order valence-corrected chi connectivity index (χ2v) is 17.5. The molecular weight excluding hydrogens is 625 g/mol. The Morgan fingerprint density at radius 3 is 1.82 bits per heavy atom. The molecule has 44 heavy (non-hydrogen) atoms. The molecule has 1 heterocycles. The zero-order chi connectivity index (χ0) is 31.4. The highest BCUT2D eigenvalue weighted by Crippen LogP contribution is 2.29. The van der Waals surface area contributed by atoms with Crippen molar-refractivity contribution in [2.45, 2.75) is 104 Å². The van der Waals surface area contributed by atoms with Gasteiger partial charge < -0.3 is 5.32 Å². The van der Waals surface area contributed by atoms with Crippen molar-refractivity contribution in [1.82, 2.24) is 13.3 Å². The van der Waals surface area contributed by atoms with E-state index < -0.39 is 42.5 Å². The molecule has 5 rings (SSSR count). The van der Waals surface area contributed by atoms with Gasteiger partial charge in [-0.05, 0) is 87.1 Å². The van der Waals surface area contributed by atoms with Gasteiger partial charge in [0.15, 0.2) is 0 Å². The number of nitrogens with zero attached hydrogens (tertiary/aromatic N) is 2. The van der Waals surface area contributed by atoms with Gasteiger partial charge in [0, 0.05) is 30.9 Å². The predicted molar refractivity (Wildman–Crippen MR) is 167 cm³/mol.